The summed E-state index contributed by atoms with van der Waals surface area (Å²) in [5.41, 5.74) is 3.55. The third-order valence-corrected chi connectivity index (χ3v) is 5.18. The molecule has 1 aromatic heterocycles. The molecule has 0 aliphatic carbocycles. The Hall–Kier alpha value is -2.17. The summed E-state index contributed by atoms with van der Waals surface area (Å²) in [6.45, 7) is 4.06. The first-order valence-electron chi connectivity index (χ1n) is 8.21. The minimum atomic E-state index is -0.127. The second kappa shape index (κ2) is 7.81. The van der Waals surface area contributed by atoms with Crippen LogP contribution in [-0.2, 0) is 6.42 Å². The van der Waals surface area contributed by atoms with Crippen LogP contribution >= 0.6 is 22.9 Å². The van der Waals surface area contributed by atoms with E-state index in [4.69, 9.17) is 11.6 Å². The highest BCUT2D eigenvalue weighted by molar-refractivity contribution is 7.16. The van der Waals surface area contributed by atoms with Gasteiger partial charge in [0.15, 0.2) is 5.13 Å². The van der Waals surface area contributed by atoms with Crippen LogP contribution in [-0.4, -0.2) is 10.9 Å². The number of carbonyl (C=O) groups is 1. The van der Waals surface area contributed by atoms with Crippen LogP contribution in [0.5, 0.6) is 0 Å². The monoisotopic (exact) mass is 370 g/mol. The Labute approximate surface area is 156 Å². The van der Waals surface area contributed by atoms with E-state index in [9.17, 15) is 4.79 Å². The fourth-order valence-corrected chi connectivity index (χ4v) is 3.83. The van der Waals surface area contributed by atoms with Gasteiger partial charge in [-0.25, -0.2) is 4.98 Å². The predicted molar refractivity (Wildman–Crippen MR) is 106 cm³/mol. The second-order valence-electron chi connectivity index (χ2n) is 5.82. The number of benzene rings is 2. The zero-order valence-electron chi connectivity index (χ0n) is 14.2. The van der Waals surface area contributed by atoms with Gasteiger partial charge in [-0.3, -0.25) is 10.1 Å². The van der Waals surface area contributed by atoms with Gasteiger partial charge in [0.05, 0.1) is 5.69 Å². The van der Waals surface area contributed by atoms with Crippen molar-refractivity contribution < 1.29 is 4.79 Å². The molecule has 0 aliphatic rings. The lowest BCUT2D eigenvalue weighted by Gasteiger charge is -2.04. The van der Waals surface area contributed by atoms with Gasteiger partial charge in [-0.05, 0) is 37.1 Å². The maximum absolute atomic E-state index is 12.5. The lowest BCUT2D eigenvalue weighted by atomic mass is 10.1. The van der Waals surface area contributed by atoms with Gasteiger partial charge in [0, 0.05) is 21.0 Å². The molecule has 0 fully saturated rings. The number of rotatable bonds is 5. The maximum Gasteiger partial charge on any atom is 0.257 e. The zero-order valence-corrected chi connectivity index (χ0v) is 15.7. The summed E-state index contributed by atoms with van der Waals surface area (Å²) in [6, 6.07) is 15.2. The number of carbonyl (C=O) groups excluding carboxylic acids is 1. The van der Waals surface area contributed by atoms with E-state index in [1.165, 1.54) is 16.2 Å². The van der Waals surface area contributed by atoms with E-state index in [1.807, 2.05) is 55.5 Å². The first-order valence-corrected chi connectivity index (χ1v) is 9.40. The predicted octanol–water partition coefficient (Wildman–Crippen LogP) is 5.98. The highest BCUT2D eigenvalue weighted by Gasteiger charge is 2.16. The zero-order chi connectivity index (χ0) is 17.8. The topological polar surface area (TPSA) is 42.0 Å². The van der Waals surface area contributed by atoms with Crippen LogP contribution in [0.2, 0.25) is 5.02 Å². The number of anilines is 1. The number of nitrogens with one attached hydrogen (secondary N) is 1. The van der Waals surface area contributed by atoms with Gasteiger partial charge in [0.2, 0.25) is 0 Å². The molecule has 1 heterocycles. The smallest absolute Gasteiger partial charge is 0.257 e. The van der Waals surface area contributed by atoms with Gasteiger partial charge >= 0.3 is 0 Å². The van der Waals surface area contributed by atoms with Gasteiger partial charge in [-0.15, -0.1) is 11.3 Å². The average molecular weight is 371 g/mol. The molecule has 0 bridgehead atoms. The number of hydrogen-bond acceptors (Lipinski definition) is 3. The molecule has 1 amide bonds. The number of aryl methyl sites for hydroxylation is 2. The second-order valence-corrected chi connectivity index (χ2v) is 7.34. The lowest BCUT2D eigenvalue weighted by molar-refractivity contribution is 0.102. The van der Waals surface area contributed by atoms with Crippen LogP contribution in [0, 0.1) is 6.92 Å². The third kappa shape index (κ3) is 4.09. The van der Waals surface area contributed by atoms with Gasteiger partial charge in [0.25, 0.3) is 5.91 Å². The summed E-state index contributed by atoms with van der Waals surface area (Å²) in [7, 11) is 0. The van der Waals surface area contributed by atoms with E-state index in [-0.39, 0.29) is 5.91 Å². The van der Waals surface area contributed by atoms with Crippen molar-refractivity contribution >= 4 is 34.0 Å². The fraction of sp³-hybridized carbons (Fsp3) is 0.200. The quantitative estimate of drug-likeness (QED) is 0.600. The molecule has 3 rings (SSSR count). The van der Waals surface area contributed by atoms with Crippen LogP contribution in [0.25, 0.3) is 11.3 Å². The molecule has 3 nitrogen and oxygen atoms in total. The van der Waals surface area contributed by atoms with Crippen molar-refractivity contribution in [3.63, 3.8) is 0 Å². The van der Waals surface area contributed by atoms with Gasteiger partial charge in [0.1, 0.15) is 0 Å². The van der Waals surface area contributed by atoms with Crippen LogP contribution < -0.4 is 5.32 Å². The van der Waals surface area contributed by atoms with E-state index in [0.717, 1.165) is 29.7 Å². The van der Waals surface area contributed by atoms with Crippen LogP contribution in [0.4, 0.5) is 5.13 Å². The minimum absolute atomic E-state index is 0.127. The van der Waals surface area contributed by atoms with E-state index in [0.29, 0.717) is 15.7 Å². The molecular formula is C20H19ClN2OS. The number of amides is 1. The van der Waals surface area contributed by atoms with Gasteiger partial charge in [-0.1, -0.05) is 55.3 Å². The fourth-order valence-electron chi connectivity index (χ4n) is 2.63. The molecule has 0 radical (unpaired) electrons. The third-order valence-electron chi connectivity index (χ3n) is 3.90. The van der Waals surface area contributed by atoms with Crippen molar-refractivity contribution in [3.05, 3.63) is 69.6 Å². The van der Waals surface area contributed by atoms with E-state index in [1.54, 1.807) is 0 Å². The average Bonchev–Trinajstić information content (AvgIpc) is 2.98. The Morgan fingerprint density at radius 3 is 2.56 bits per heavy atom. The van der Waals surface area contributed by atoms with Crippen molar-refractivity contribution in [2.45, 2.75) is 26.7 Å². The van der Waals surface area contributed by atoms with Crippen molar-refractivity contribution in [1.29, 1.82) is 0 Å². The van der Waals surface area contributed by atoms with Crippen LogP contribution in [0.3, 0.4) is 0 Å². The minimum Gasteiger partial charge on any atom is -0.298 e. The SMILES string of the molecule is CCCc1sc(NC(=O)c2ccccc2C)nc1-c1ccc(Cl)cc1. The molecular weight excluding hydrogens is 352 g/mol. The normalized spacial score (nSPS) is 10.7. The molecule has 25 heavy (non-hydrogen) atoms. The molecule has 0 atom stereocenters. The highest BCUT2D eigenvalue weighted by atomic mass is 35.5. The maximum atomic E-state index is 12.5. The molecule has 0 saturated carbocycles. The molecule has 0 aliphatic heterocycles. The number of hydrogen-bond donors (Lipinski definition) is 1. The standard InChI is InChI=1S/C20H19ClN2OS/c1-3-6-17-18(14-9-11-15(21)12-10-14)22-20(25-17)23-19(24)16-8-5-4-7-13(16)2/h4-5,7-12H,3,6H2,1-2H3,(H,22,23,24). The first-order chi connectivity index (χ1) is 12.1. The molecule has 2 aromatic carbocycles. The molecule has 1 N–H and O–H groups in total. The number of thiazole rings is 1. The molecule has 128 valence electrons. The number of halogens is 1. The molecule has 5 heteroatoms. The van der Waals surface area contributed by atoms with Crippen molar-refractivity contribution in [3.8, 4) is 11.3 Å². The Balaban J connectivity index is 1.90. The molecule has 0 spiro atoms. The van der Waals surface area contributed by atoms with E-state index in [2.05, 4.69) is 17.2 Å². The summed E-state index contributed by atoms with van der Waals surface area (Å²) < 4.78 is 0. The summed E-state index contributed by atoms with van der Waals surface area (Å²) in [6.07, 6.45) is 1.95. The molecule has 3 aromatic rings. The largest absolute Gasteiger partial charge is 0.298 e. The van der Waals surface area contributed by atoms with E-state index >= 15 is 0 Å². The van der Waals surface area contributed by atoms with Crippen molar-refractivity contribution in [2.75, 3.05) is 5.32 Å². The lowest BCUT2D eigenvalue weighted by Crippen LogP contribution is -2.12. The Kier molecular flexibility index (Phi) is 5.51. The van der Waals surface area contributed by atoms with Gasteiger partial charge < -0.3 is 0 Å². The summed E-state index contributed by atoms with van der Waals surface area (Å²) >= 11 is 7.52. The van der Waals surface area contributed by atoms with Crippen LogP contribution in [0.15, 0.2) is 48.5 Å². The summed E-state index contributed by atoms with van der Waals surface area (Å²) in [5.74, 6) is -0.127. The molecule has 0 saturated heterocycles. The van der Waals surface area contributed by atoms with Crippen molar-refractivity contribution in [2.24, 2.45) is 0 Å². The first kappa shape index (κ1) is 17.6. The Morgan fingerprint density at radius 1 is 1.16 bits per heavy atom. The van der Waals surface area contributed by atoms with E-state index < -0.39 is 0 Å². The van der Waals surface area contributed by atoms with Gasteiger partial charge in [-0.2, -0.15) is 0 Å². The number of nitrogens with zero attached hydrogens (tertiary/aromatic N) is 1. The summed E-state index contributed by atoms with van der Waals surface area (Å²) in [4.78, 5) is 18.4. The highest BCUT2D eigenvalue weighted by Crippen LogP contribution is 2.33. The molecule has 0 unspecified atom stereocenters. The van der Waals surface area contributed by atoms with Crippen LogP contribution in [0.1, 0.15) is 34.1 Å². The van der Waals surface area contributed by atoms with Crippen molar-refractivity contribution in [1.82, 2.24) is 4.98 Å². The summed E-state index contributed by atoms with van der Waals surface area (Å²) in [5, 5.41) is 4.27. The number of aromatic nitrogens is 1. The Morgan fingerprint density at radius 2 is 1.88 bits per heavy atom. The Bertz CT molecular complexity index is 887.